The number of rotatable bonds is 5. The lowest BCUT2D eigenvalue weighted by Gasteiger charge is -2.16. The van der Waals surface area contributed by atoms with Crippen molar-refractivity contribution in [3.63, 3.8) is 0 Å². The molecule has 6 heteroatoms. The summed E-state index contributed by atoms with van der Waals surface area (Å²) < 4.78 is -1.30. The first-order valence-electron chi connectivity index (χ1n) is 3.52. The molecule has 0 spiro atoms. The van der Waals surface area contributed by atoms with Gasteiger partial charge < -0.3 is 10.2 Å². The third-order valence-corrected chi connectivity index (χ3v) is 2.06. The Morgan fingerprint density at radius 3 is 2.58 bits per heavy atom. The van der Waals surface area contributed by atoms with Crippen molar-refractivity contribution >= 4 is 15.9 Å². The summed E-state index contributed by atoms with van der Waals surface area (Å²) in [5, 5.41) is 27.9. The highest BCUT2D eigenvalue weighted by atomic mass is 79.9. The number of hydrogen-bond acceptors (Lipinski definition) is 4. The Bertz CT molecular complexity index is 162. The van der Waals surface area contributed by atoms with Gasteiger partial charge in [-0.25, -0.2) is 0 Å². The molecule has 72 valence electrons. The fourth-order valence-electron chi connectivity index (χ4n) is 0.756. The van der Waals surface area contributed by atoms with E-state index in [1.165, 1.54) is 6.92 Å². The van der Waals surface area contributed by atoms with E-state index < -0.39 is 15.5 Å². The maximum atomic E-state index is 10.3. The minimum Gasteiger partial charge on any atom is -0.396 e. The average Bonchev–Trinajstić information content (AvgIpc) is 1.85. The second-order valence-corrected chi connectivity index (χ2v) is 4.48. The Kier molecular flexibility index (Phi) is 4.66. The second-order valence-electron chi connectivity index (χ2n) is 2.77. The van der Waals surface area contributed by atoms with Crippen molar-refractivity contribution in [2.75, 3.05) is 6.61 Å². The van der Waals surface area contributed by atoms with Gasteiger partial charge in [-0.15, -0.1) is 0 Å². The van der Waals surface area contributed by atoms with Crippen LogP contribution in [-0.2, 0) is 0 Å². The van der Waals surface area contributed by atoms with Crippen LogP contribution in [0.4, 0.5) is 0 Å². The van der Waals surface area contributed by atoms with E-state index in [9.17, 15) is 10.1 Å². The first-order valence-corrected chi connectivity index (χ1v) is 4.32. The summed E-state index contributed by atoms with van der Waals surface area (Å²) in [6.07, 6.45) is -0.694. The summed E-state index contributed by atoms with van der Waals surface area (Å²) in [5.41, 5.74) is 0. The van der Waals surface area contributed by atoms with Crippen molar-refractivity contribution in [3.8, 4) is 0 Å². The topological polar surface area (TPSA) is 83.6 Å². The molecular weight excluding hydrogens is 230 g/mol. The van der Waals surface area contributed by atoms with Crippen LogP contribution < -0.4 is 0 Å². The number of alkyl halides is 1. The van der Waals surface area contributed by atoms with Gasteiger partial charge in [-0.1, -0.05) is 0 Å². The number of nitrogens with zero attached hydrogens (tertiary/aromatic N) is 1. The van der Waals surface area contributed by atoms with E-state index in [4.69, 9.17) is 10.2 Å². The molecule has 0 aliphatic heterocycles. The highest BCUT2D eigenvalue weighted by molar-refractivity contribution is 9.10. The molecule has 0 heterocycles. The highest BCUT2D eigenvalue weighted by Crippen LogP contribution is 2.24. The number of aliphatic hydroxyl groups is 2. The molecular formula is C6H12BrNO4. The first-order chi connectivity index (χ1) is 5.40. The van der Waals surface area contributed by atoms with Gasteiger partial charge in [0.1, 0.15) is 0 Å². The molecule has 0 rings (SSSR count). The van der Waals surface area contributed by atoms with Crippen molar-refractivity contribution in [1.82, 2.24) is 0 Å². The molecule has 2 atom stereocenters. The number of nitro groups is 1. The molecule has 0 bridgehead atoms. The van der Waals surface area contributed by atoms with Gasteiger partial charge in [-0.05, 0) is 22.4 Å². The van der Waals surface area contributed by atoms with E-state index >= 15 is 0 Å². The van der Waals surface area contributed by atoms with Crippen LogP contribution in [-0.4, -0.2) is 32.3 Å². The van der Waals surface area contributed by atoms with Crippen LogP contribution in [0.15, 0.2) is 0 Å². The molecule has 0 fully saturated rings. The van der Waals surface area contributed by atoms with Gasteiger partial charge >= 0.3 is 0 Å². The predicted molar refractivity (Wildman–Crippen MR) is 46.7 cm³/mol. The van der Waals surface area contributed by atoms with Crippen LogP contribution in [0.5, 0.6) is 0 Å². The Morgan fingerprint density at radius 1 is 1.75 bits per heavy atom. The highest BCUT2D eigenvalue weighted by Gasteiger charge is 2.35. The van der Waals surface area contributed by atoms with Crippen molar-refractivity contribution in [2.24, 2.45) is 0 Å². The number of aliphatic hydroxyl groups excluding tert-OH is 2. The van der Waals surface area contributed by atoms with Gasteiger partial charge in [0.15, 0.2) is 0 Å². The lowest BCUT2D eigenvalue weighted by Crippen LogP contribution is -2.32. The number of halogens is 1. The van der Waals surface area contributed by atoms with Crippen molar-refractivity contribution in [3.05, 3.63) is 10.1 Å². The third kappa shape index (κ3) is 3.99. The zero-order valence-corrected chi connectivity index (χ0v) is 8.32. The van der Waals surface area contributed by atoms with Gasteiger partial charge in [0.05, 0.1) is 12.5 Å². The molecule has 2 unspecified atom stereocenters. The fourth-order valence-corrected chi connectivity index (χ4v) is 1.13. The smallest absolute Gasteiger partial charge is 0.274 e. The van der Waals surface area contributed by atoms with Gasteiger partial charge in [0, 0.05) is 18.5 Å². The summed E-state index contributed by atoms with van der Waals surface area (Å²) in [7, 11) is 0. The normalized spacial score (nSPS) is 18.3. The lowest BCUT2D eigenvalue weighted by atomic mass is 10.1. The maximum absolute atomic E-state index is 10.3. The molecule has 2 N–H and O–H groups in total. The van der Waals surface area contributed by atoms with Crippen LogP contribution in [0, 0.1) is 10.1 Å². The Hall–Kier alpha value is -0.200. The van der Waals surface area contributed by atoms with Gasteiger partial charge in [0.2, 0.25) is 0 Å². The van der Waals surface area contributed by atoms with E-state index in [1.807, 2.05) is 0 Å². The quantitative estimate of drug-likeness (QED) is 0.318. The molecule has 0 aromatic heterocycles. The summed E-state index contributed by atoms with van der Waals surface area (Å²) in [5.74, 6) is 0. The molecule has 0 amide bonds. The van der Waals surface area contributed by atoms with Crippen molar-refractivity contribution in [2.45, 2.75) is 30.3 Å². The minimum absolute atomic E-state index is 0.0133. The van der Waals surface area contributed by atoms with Crippen LogP contribution in [0.1, 0.15) is 19.8 Å². The Balaban J connectivity index is 3.96. The molecule has 12 heavy (non-hydrogen) atoms. The standard InChI is InChI=1S/C6H12BrNO4/c1-6(7,8(11)12)4-5(10)2-3-9/h5,9-10H,2-4H2,1H3. The molecule has 0 saturated carbocycles. The first kappa shape index (κ1) is 11.8. The second kappa shape index (κ2) is 4.74. The molecule has 0 aromatic rings. The zero-order chi connectivity index (χ0) is 9.78. The van der Waals surface area contributed by atoms with Crippen LogP contribution in [0.25, 0.3) is 0 Å². The van der Waals surface area contributed by atoms with Crippen LogP contribution >= 0.6 is 15.9 Å². The van der Waals surface area contributed by atoms with E-state index in [1.54, 1.807) is 0 Å². The summed E-state index contributed by atoms with van der Waals surface area (Å²) in [4.78, 5) is 9.84. The zero-order valence-electron chi connectivity index (χ0n) is 6.73. The van der Waals surface area contributed by atoms with Crippen molar-refractivity contribution < 1.29 is 15.1 Å². The molecule has 5 nitrogen and oxygen atoms in total. The largest absolute Gasteiger partial charge is 0.396 e. The van der Waals surface area contributed by atoms with Gasteiger partial charge in [0.25, 0.3) is 4.45 Å². The maximum Gasteiger partial charge on any atom is 0.274 e. The van der Waals surface area contributed by atoms with E-state index in [-0.39, 0.29) is 19.4 Å². The van der Waals surface area contributed by atoms with E-state index in [0.29, 0.717) is 0 Å². The summed E-state index contributed by atoms with van der Waals surface area (Å²) in [6.45, 7) is 1.20. The monoisotopic (exact) mass is 241 g/mol. The van der Waals surface area contributed by atoms with Crippen LogP contribution in [0.3, 0.4) is 0 Å². The molecule has 0 aliphatic carbocycles. The van der Waals surface area contributed by atoms with Gasteiger partial charge in [-0.3, -0.25) is 10.1 Å². The van der Waals surface area contributed by atoms with Crippen LogP contribution in [0.2, 0.25) is 0 Å². The number of hydrogen-bond donors (Lipinski definition) is 2. The summed E-state index contributed by atoms with van der Waals surface area (Å²) in [6, 6.07) is 0. The molecule has 0 aromatic carbocycles. The predicted octanol–water partition coefficient (Wildman–Crippen LogP) is 0.508. The third-order valence-electron chi connectivity index (χ3n) is 1.45. The Morgan fingerprint density at radius 2 is 2.25 bits per heavy atom. The SMILES string of the molecule is CC(Br)(CC(O)CCO)[N+](=O)[O-]. The molecule has 0 aliphatic rings. The average molecular weight is 242 g/mol. The summed E-state index contributed by atoms with van der Waals surface area (Å²) >= 11 is 2.88. The molecule has 0 saturated heterocycles. The van der Waals surface area contributed by atoms with E-state index in [0.717, 1.165) is 0 Å². The molecule has 0 radical (unpaired) electrons. The van der Waals surface area contributed by atoms with Crippen molar-refractivity contribution in [1.29, 1.82) is 0 Å². The van der Waals surface area contributed by atoms with Gasteiger partial charge in [-0.2, -0.15) is 0 Å². The Labute approximate surface area is 78.7 Å². The van der Waals surface area contributed by atoms with E-state index in [2.05, 4.69) is 15.9 Å². The minimum atomic E-state index is -1.30. The lowest BCUT2D eigenvalue weighted by molar-refractivity contribution is -0.533. The fraction of sp³-hybridized carbons (Fsp3) is 1.00.